The summed E-state index contributed by atoms with van der Waals surface area (Å²) >= 11 is 0. The second-order valence-electron chi connectivity index (χ2n) is 5.79. The Labute approximate surface area is 137 Å². The third-order valence-electron chi connectivity index (χ3n) is 3.99. The molecule has 1 saturated heterocycles. The molecule has 0 radical (unpaired) electrons. The maximum atomic E-state index is 12.7. The van der Waals surface area contributed by atoms with Crippen LogP contribution in [0.15, 0.2) is 24.3 Å². The molecule has 7 heteroatoms. The van der Waals surface area contributed by atoms with Crippen molar-refractivity contribution < 1.29 is 13.2 Å². The summed E-state index contributed by atoms with van der Waals surface area (Å²) in [6.07, 6.45) is 4.62. The Bertz CT molecular complexity index is 692. The van der Waals surface area contributed by atoms with E-state index in [-0.39, 0.29) is 11.9 Å². The fourth-order valence-electron chi connectivity index (χ4n) is 2.83. The van der Waals surface area contributed by atoms with Crippen LogP contribution in [0.2, 0.25) is 0 Å². The van der Waals surface area contributed by atoms with Gasteiger partial charge in [-0.3, -0.25) is 4.79 Å². The summed E-state index contributed by atoms with van der Waals surface area (Å²) in [4.78, 5) is 14.5. The van der Waals surface area contributed by atoms with Crippen LogP contribution in [0, 0.1) is 11.3 Å². The number of carbonyl (C=O) groups excluding carboxylic acids is 1. The maximum absolute atomic E-state index is 12.7. The first kappa shape index (κ1) is 17.4. The van der Waals surface area contributed by atoms with Crippen LogP contribution in [0.5, 0.6) is 0 Å². The van der Waals surface area contributed by atoms with Crippen LogP contribution in [0.4, 0.5) is 0 Å². The Morgan fingerprint density at radius 1 is 1.35 bits per heavy atom. The Kier molecular flexibility index (Phi) is 5.74. The first-order valence-corrected chi connectivity index (χ1v) is 9.55. The highest BCUT2D eigenvalue weighted by molar-refractivity contribution is 7.88. The minimum atomic E-state index is -3.21. The third kappa shape index (κ3) is 5.05. The Hall–Kier alpha value is -1.91. The van der Waals surface area contributed by atoms with E-state index in [1.54, 1.807) is 24.3 Å². The van der Waals surface area contributed by atoms with Crippen LogP contribution in [0.25, 0.3) is 0 Å². The molecule has 1 aromatic carbocycles. The molecule has 1 atom stereocenters. The maximum Gasteiger partial charge on any atom is 0.254 e. The second kappa shape index (κ2) is 7.57. The highest BCUT2D eigenvalue weighted by Gasteiger charge is 2.27. The van der Waals surface area contributed by atoms with Crippen molar-refractivity contribution in [2.45, 2.75) is 31.7 Å². The minimum absolute atomic E-state index is 0.0427. The van der Waals surface area contributed by atoms with Gasteiger partial charge in [-0.15, -0.1) is 0 Å². The number of benzene rings is 1. The molecule has 1 heterocycles. The Morgan fingerprint density at radius 3 is 2.65 bits per heavy atom. The zero-order valence-corrected chi connectivity index (χ0v) is 14.0. The molecule has 1 aliphatic rings. The van der Waals surface area contributed by atoms with Crippen molar-refractivity contribution in [2.24, 2.45) is 0 Å². The largest absolute Gasteiger partial charge is 0.336 e. The van der Waals surface area contributed by atoms with E-state index >= 15 is 0 Å². The van der Waals surface area contributed by atoms with Gasteiger partial charge in [-0.05, 0) is 49.9 Å². The van der Waals surface area contributed by atoms with E-state index in [0.717, 1.165) is 25.5 Å². The number of nitriles is 1. The van der Waals surface area contributed by atoms with E-state index in [1.165, 1.54) is 0 Å². The van der Waals surface area contributed by atoms with Gasteiger partial charge in [0.15, 0.2) is 0 Å². The normalized spacial score (nSPS) is 18.4. The molecular formula is C16H21N3O3S. The van der Waals surface area contributed by atoms with Crippen molar-refractivity contribution in [3.8, 4) is 6.07 Å². The van der Waals surface area contributed by atoms with E-state index in [0.29, 0.717) is 30.6 Å². The standard InChI is InChI=1S/C16H21N3O3S/c1-23(21,22)18-10-9-15-4-2-3-11-19(15)16(20)14-7-5-13(12-17)6-8-14/h5-8,15,18H,2-4,9-11H2,1H3. The SMILES string of the molecule is CS(=O)(=O)NCCC1CCCCN1C(=O)c1ccc(C#N)cc1. The Balaban J connectivity index is 2.04. The minimum Gasteiger partial charge on any atom is -0.336 e. The molecule has 2 rings (SSSR count). The van der Waals surface area contributed by atoms with Gasteiger partial charge in [0.2, 0.25) is 10.0 Å². The predicted octanol–water partition coefficient (Wildman–Crippen LogP) is 1.49. The summed E-state index contributed by atoms with van der Waals surface area (Å²) in [6, 6.07) is 8.68. The Morgan fingerprint density at radius 2 is 2.04 bits per heavy atom. The van der Waals surface area contributed by atoms with Crippen molar-refractivity contribution in [1.29, 1.82) is 5.26 Å². The molecule has 6 nitrogen and oxygen atoms in total. The molecule has 0 spiro atoms. The molecular weight excluding hydrogens is 314 g/mol. The molecule has 1 amide bonds. The van der Waals surface area contributed by atoms with Crippen molar-refractivity contribution >= 4 is 15.9 Å². The summed E-state index contributed by atoms with van der Waals surface area (Å²) < 4.78 is 24.8. The molecule has 0 saturated carbocycles. The zero-order valence-electron chi connectivity index (χ0n) is 13.2. The third-order valence-corrected chi connectivity index (χ3v) is 4.72. The summed E-state index contributed by atoms with van der Waals surface area (Å²) in [7, 11) is -3.21. The number of sulfonamides is 1. The zero-order chi connectivity index (χ0) is 16.9. The van der Waals surface area contributed by atoms with Crippen LogP contribution in [-0.2, 0) is 10.0 Å². The lowest BCUT2D eigenvalue weighted by molar-refractivity contribution is 0.0604. The lowest BCUT2D eigenvalue weighted by Gasteiger charge is -2.36. The summed E-state index contributed by atoms with van der Waals surface area (Å²) in [6.45, 7) is 1.02. The van der Waals surface area contributed by atoms with E-state index in [9.17, 15) is 13.2 Å². The average Bonchev–Trinajstić information content (AvgIpc) is 2.53. The predicted molar refractivity (Wildman–Crippen MR) is 87.3 cm³/mol. The molecule has 0 aromatic heterocycles. The molecule has 1 aromatic rings. The number of hydrogen-bond donors (Lipinski definition) is 1. The van der Waals surface area contributed by atoms with Crippen molar-refractivity contribution in [3.63, 3.8) is 0 Å². The van der Waals surface area contributed by atoms with Crippen molar-refractivity contribution in [2.75, 3.05) is 19.3 Å². The number of amides is 1. The van der Waals surface area contributed by atoms with Gasteiger partial charge in [0.05, 0.1) is 17.9 Å². The molecule has 1 N–H and O–H groups in total. The van der Waals surface area contributed by atoms with Gasteiger partial charge in [-0.1, -0.05) is 0 Å². The van der Waals surface area contributed by atoms with Crippen LogP contribution in [0.1, 0.15) is 41.6 Å². The van der Waals surface area contributed by atoms with Crippen LogP contribution in [0.3, 0.4) is 0 Å². The second-order valence-corrected chi connectivity index (χ2v) is 7.63. The average molecular weight is 335 g/mol. The number of nitrogens with zero attached hydrogens (tertiary/aromatic N) is 2. The number of hydrogen-bond acceptors (Lipinski definition) is 4. The van der Waals surface area contributed by atoms with Gasteiger partial charge in [-0.2, -0.15) is 5.26 Å². The van der Waals surface area contributed by atoms with E-state index < -0.39 is 10.0 Å². The lowest BCUT2D eigenvalue weighted by Crippen LogP contribution is -2.45. The first-order valence-electron chi connectivity index (χ1n) is 7.66. The van der Waals surface area contributed by atoms with Crippen molar-refractivity contribution in [3.05, 3.63) is 35.4 Å². The van der Waals surface area contributed by atoms with E-state index in [4.69, 9.17) is 5.26 Å². The van der Waals surface area contributed by atoms with Crippen molar-refractivity contribution in [1.82, 2.24) is 9.62 Å². The molecule has 0 bridgehead atoms. The molecule has 1 aliphatic heterocycles. The number of rotatable bonds is 5. The van der Waals surface area contributed by atoms with E-state index in [2.05, 4.69) is 4.72 Å². The lowest BCUT2D eigenvalue weighted by atomic mass is 9.98. The fraction of sp³-hybridized carbons (Fsp3) is 0.500. The molecule has 1 unspecified atom stereocenters. The smallest absolute Gasteiger partial charge is 0.254 e. The molecule has 0 aliphatic carbocycles. The van der Waals surface area contributed by atoms with Gasteiger partial charge in [-0.25, -0.2) is 13.1 Å². The molecule has 23 heavy (non-hydrogen) atoms. The quantitative estimate of drug-likeness (QED) is 0.883. The van der Waals surface area contributed by atoms with Gasteiger partial charge < -0.3 is 4.90 Å². The van der Waals surface area contributed by atoms with E-state index in [1.807, 2.05) is 11.0 Å². The topological polar surface area (TPSA) is 90.3 Å². The monoisotopic (exact) mass is 335 g/mol. The summed E-state index contributed by atoms with van der Waals surface area (Å²) in [5, 5.41) is 8.82. The van der Waals surface area contributed by atoms with Crippen LogP contribution >= 0.6 is 0 Å². The van der Waals surface area contributed by atoms with Gasteiger partial charge in [0.1, 0.15) is 0 Å². The first-order chi connectivity index (χ1) is 10.9. The highest BCUT2D eigenvalue weighted by Crippen LogP contribution is 2.22. The highest BCUT2D eigenvalue weighted by atomic mass is 32.2. The number of nitrogens with one attached hydrogen (secondary N) is 1. The van der Waals surface area contributed by atoms with Gasteiger partial charge >= 0.3 is 0 Å². The number of likely N-dealkylation sites (tertiary alicyclic amines) is 1. The number of piperidine rings is 1. The molecule has 124 valence electrons. The summed E-state index contributed by atoms with van der Waals surface area (Å²) in [5.41, 5.74) is 1.08. The number of carbonyl (C=O) groups is 1. The van der Waals surface area contributed by atoms with Crippen LogP contribution in [-0.4, -0.2) is 44.6 Å². The molecule has 1 fully saturated rings. The van der Waals surface area contributed by atoms with Crippen LogP contribution < -0.4 is 4.72 Å². The summed E-state index contributed by atoms with van der Waals surface area (Å²) in [5.74, 6) is -0.0569. The fourth-order valence-corrected chi connectivity index (χ4v) is 3.32. The van der Waals surface area contributed by atoms with Gasteiger partial charge in [0.25, 0.3) is 5.91 Å². The van der Waals surface area contributed by atoms with Gasteiger partial charge in [0, 0.05) is 24.7 Å².